The van der Waals surface area contributed by atoms with Gasteiger partial charge in [-0.05, 0) is 49.7 Å². The molecule has 0 saturated carbocycles. The maximum absolute atomic E-state index is 2.29. The second kappa shape index (κ2) is 3.83. The van der Waals surface area contributed by atoms with Crippen LogP contribution in [-0.2, 0) is 25.7 Å². The van der Waals surface area contributed by atoms with Gasteiger partial charge < -0.3 is 0 Å². The standard InChI is InChI=1S/C12H18S/c1-3-11-9-7-5-6-8-10(9)12(4-2)13-11/h3-8H2,1-2H3. The quantitative estimate of drug-likeness (QED) is 0.672. The zero-order chi connectivity index (χ0) is 9.26. The fourth-order valence-corrected chi connectivity index (χ4v) is 3.65. The van der Waals surface area contributed by atoms with E-state index < -0.39 is 0 Å². The lowest BCUT2D eigenvalue weighted by Gasteiger charge is -2.13. The number of rotatable bonds is 2. The van der Waals surface area contributed by atoms with Gasteiger partial charge in [-0.3, -0.25) is 0 Å². The molecule has 1 aliphatic rings. The molecular weight excluding hydrogens is 176 g/mol. The zero-order valence-electron chi connectivity index (χ0n) is 8.65. The van der Waals surface area contributed by atoms with E-state index in [-0.39, 0.29) is 0 Å². The van der Waals surface area contributed by atoms with Crippen LogP contribution >= 0.6 is 11.3 Å². The van der Waals surface area contributed by atoms with Gasteiger partial charge in [0.1, 0.15) is 0 Å². The Bertz CT molecular complexity index is 268. The molecule has 72 valence electrons. The van der Waals surface area contributed by atoms with Crippen molar-refractivity contribution in [3.8, 4) is 0 Å². The van der Waals surface area contributed by atoms with Crippen LogP contribution in [0, 0.1) is 0 Å². The summed E-state index contributed by atoms with van der Waals surface area (Å²) in [5, 5.41) is 0. The molecule has 13 heavy (non-hydrogen) atoms. The molecule has 0 saturated heterocycles. The van der Waals surface area contributed by atoms with Crippen LogP contribution < -0.4 is 0 Å². The third kappa shape index (κ3) is 1.54. The molecular formula is C12H18S. The first-order chi connectivity index (χ1) is 6.36. The highest BCUT2D eigenvalue weighted by Crippen LogP contribution is 2.34. The molecule has 0 radical (unpaired) electrons. The molecule has 2 rings (SSSR count). The van der Waals surface area contributed by atoms with Crippen molar-refractivity contribution in [1.29, 1.82) is 0 Å². The predicted molar refractivity (Wildman–Crippen MR) is 59.7 cm³/mol. The summed E-state index contributed by atoms with van der Waals surface area (Å²) in [7, 11) is 0. The number of aryl methyl sites for hydroxylation is 2. The fraction of sp³-hybridized carbons (Fsp3) is 0.667. The molecule has 0 spiro atoms. The van der Waals surface area contributed by atoms with E-state index in [1.807, 2.05) is 0 Å². The Morgan fingerprint density at radius 1 is 0.923 bits per heavy atom. The number of hydrogen-bond donors (Lipinski definition) is 0. The second-order valence-corrected chi connectivity index (χ2v) is 5.01. The van der Waals surface area contributed by atoms with Crippen molar-refractivity contribution in [2.24, 2.45) is 0 Å². The summed E-state index contributed by atoms with van der Waals surface area (Å²) in [5.74, 6) is 0. The van der Waals surface area contributed by atoms with E-state index in [1.165, 1.54) is 38.5 Å². The zero-order valence-corrected chi connectivity index (χ0v) is 9.47. The maximum atomic E-state index is 2.29. The molecule has 1 aromatic heterocycles. The molecule has 0 atom stereocenters. The summed E-state index contributed by atoms with van der Waals surface area (Å²) in [6.45, 7) is 4.58. The third-order valence-electron chi connectivity index (χ3n) is 3.03. The SMILES string of the molecule is CCc1sc(CC)c2c1CCCC2. The van der Waals surface area contributed by atoms with Gasteiger partial charge in [-0.1, -0.05) is 13.8 Å². The highest BCUT2D eigenvalue weighted by molar-refractivity contribution is 7.12. The van der Waals surface area contributed by atoms with Crippen LogP contribution in [0.3, 0.4) is 0 Å². The van der Waals surface area contributed by atoms with Gasteiger partial charge in [0.25, 0.3) is 0 Å². The number of thiophene rings is 1. The van der Waals surface area contributed by atoms with E-state index in [4.69, 9.17) is 0 Å². The maximum Gasteiger partial charge on any atom is 0.00802 e. The van der Waals surface area contributed by atoms with Crippen LogP contribution in [-0.4, -0.2) is 0 Å². The van der Waals surface area contributed by atoms with Gasteiger partial charge in [0.05, 0.1) is 0 Å². The molecule has 1 heterocycles. The van der Waals surface area contributed by atoms with E-state index in [9.17, 15) is 0 Å². The summed E-state index contributed by atoms with van der Waals surface area (Å²) < 4.78 is 0. The molecule has 0 aromatic carbocycles. The molecule has 0 N–H and O–H groups in total. The Labute approximate surface area is 85.0 Å². The van der Waals surface area contributed by atoms with Gasteiger partial charge in [0.2, 0.25) is 0 Å². The summed E-state index contributed by atoms with van der Waals surface area (Å²) in [5.41, 5.74) is 3.46. The van der Waals surface area contributed by atoms with Crippen LogP contribution in [0.25, 0.3) is 0 Å². The minimum atomic E-state index is 1.24. The van der Waals surface area contributed by atoms with Crippen molar-refractivity contribution in [1.82, 2.24) is 0 Å². The van der Waals surface area contributed by atoms with Gasteiger partial charge in [-0.2, -0.15) is 0 Å². The molecule has 0 unspecified atom stereocenters. The summed E-state index contributed by atoms with van der Waals surface area (Å²) in [6, 6.07) is 0. The summed E-state index contributed by atoms with van der Waals surface area (Å²) in [4.78, 5) is 3.35. The van der Waals surface area contributed by atoms with Crippen molar-refractivity contribution in [3.63, 3.8) is 0 Å². The van der Waals surface area contributed by atoms with Crippen molar-refractivity contribution in [2.45, 2.75) is 52.4 Å². The first kappa shape index (κ1) is 9.26. The van der Waals surface area contributed by atoms with Crippen LogP contribution in [0.5, 0.6) is 0 Å². The summed E-state index contributed by atoms with van der Waals surface area (Å²) in [6.07, 6.45) is 8.03. The first-order valence-corrected chi connectivity index (χ1v) is 6.30. The van der Waals surface area contributed by atoms with Crippen molar-refractivity contribution < 1.29 is 0 Å². The monoisotopic (exact) mass is 194 g/mol. The lowest BCUT2D eigenvalue weighted by molar-refractivity contribution is 0.681. The van der Waals surface area contributed by atoms with Crippen LogP contribution in [0.2, 0.25) is 0 Å². The number of fused-ring (bicyclic) bond motifs is 1. The largest absolute Gasteiger partial charge is 0.145 e. The minimum Gasteiger partial charge on any atom is -0.145 e. The average molecular weight is 194 g/mol. The molecule has 0 bridgehead atoms. The van der Waals surface area contributed by atoms with Crippen molar-refractivity contribution in [2.75, 3.05) is 0 Å². The van der Waals surface area contributed by atoms with Gasteiger partial charge in [-0.15, -0.1) is 11.3 Å². The second-order valence-electron chi connectivity index (χ2n) is 3.82. The smallest absolute Gasteiger partial charge is 0.00802 e. The Hall–Kier alpha value is -0.300. The van der Waals surface area contributed by atoms with Gasteiger partial charge in [0.15, 0.2) is 0 Å². The van der Waals surface area contributed by atoms with Crippen molar-refractivity contribution in [3.05, 3.63) is 20.9 Å². The van der Waals surface area contributed by atoms with Gasteiger partial charge >= 0.3 is 0 Å². The van der Waals surface area contributed by atoms with E-state index in [0.717, 1.165) is 0 Å². The molecule has 1 heteroatoms. The van der Waals surface area contributed by atoms with E-state index >= 15 is 0 Å². The van der Waals surface area contributed by atoms with Gasteiger partial charge in [-0.25, -0.2) is 0 Å². The molecule has 0 aliphatic heterocycles. The lowest BCUT2D eigenvalue weighted by Crippen LogP contribution is -2.02. The van der Waals surface area contributed by atoms with Crippen LogP contribution in [0.4, 0.5) is 0 Å². The topological polar surface area (TPSA) is 0 Å². The molecule has 0 nitrogen and oxygen atoms in total. The van der Waals surface area contributed by atoms with Crippen LogP contribution in [0.1, 0.15) is 47.6 Å². The number of hydrogen-bond acceptors (Lipinski definition) is 1. The normalized spacial score (nSPS) is 15.8. The highest BCUT2D eigenvalue weighted by atomic mass is 32.1. The minimum absolute atomic E-state index is 1.24. The van der Waals surface area contributed by atoms with E-state index in [2.05, 4.69) is 25.2 Å². The average Bonchev–Trinajstić information content (AvgIpc) is 2.56. The van der Waals surface area contributed by atoms with E-state index in [0.29, 0.717) is 0 Å². The summed E-state index contributed by atoms with van der Waals surface area (Å²) >= 11 is 2.08. The molecule has 0 amide bonds. The lowest BCUT2D eigenvalue weighted by atomic mass is 9.91. The molecule has 1 aromatic rings. The predicted octanol–water partition coefficient (Wildman–Crippen LogP) is 3.75. The Morgan fingerprint density at radius 3 is 1.77 bits per heavy atom. The first-order valence-electron chi connectivity index (χ1n) is 5.49. The van der Waals surface area contributed by atoms with Crippen LogP contribution in [0.15, 0.2) is 0 Å². The fourth-order valence-electron chi connectivity index (χ4n) is 2.36. The highest BCUT2D eigenvalue weighted by Gasteiger charge is 2.18. The molecule has 0 fully saturated rings. The van der Waals surface area contributed by atoms with Gasteiger partial charge in [0, 0.05) is 9.75 Å². The molecule has 1 aliphatic carbocycles. The Balaban J connectivity index is 2.44. The van der Waals surface area contributed by atoms with E-state index in [1.54, 1.807) is 20.9 Å². The third-order valence-corrected chi connectivity index (χ3v) is 4.59. The Kier molecular flexibility index (Phi) is 2.73. The Morgan fingerprint density at radius 2 is 1.38 bits per heavy atom. The van der Waals surface area contributed by atoms with Crippen molar-refractivity contribution >= 4 is 11.3 Å².